The highest BCUT2D eigenvalue weighted by atomic mass is 15.4. The zero-order valence-electron chi connectivity index (χ0n) is 12.0. The number of nitrogens with one attached hydrogen (secondary N) is 1. The molecule has 5 heteroatoms. The van der Waals surface area contributed by atoms with E-state index in [1.807, 2.05) is 6.07 Å². The van der Waals surface area contributed by atoms with Gasteiger partial charge in [0.25, 0.3) is 5.95 Å². The normalized spacial score (nSPS) is 17.4. The number of hydrogen-bond acceptors (Lipinski definition) is 5. The predicted octanol–water partition coefficient (Wildman–Crippen LogP) is 2.77. The third-order valence-corrected chi connectivity index (χ3v) is 3.41. The Balaban J connectivity index is 1.97. The Kier molecular flexibility index (Phi) is 3.26. The van der Waals surface area contributed by atoms with Crippen molar-refractivity contribution in [2.24, 2.45) is 0 Å². The lowest BCUT2D eigenvalue weighted by Crippen LogP contribution is -2.26. The number of rotatable bonds is 3. The first-order chi connectivity index (χ1) is 9.65. The lowest BCUT2D eigenvalue weighted by atomic mass is 10.1. The first-order valence-electron chi connectivity index (χ1n) is 6.98. The van der Waals surface area contributed by atoms with Gasteiger partial charge in [-0.15, -0.1) is 5.10 Å². The van der Waals surface area contributed by atoms with E-state index >= 15 is 0 Å². The van der Waals surface area contributed by atoms with Gasteiger partial charge in [-0.25, -0.2) is 0 Å². The third kappa shape index (κ3) is 2.31. The summed E-state index contributed by atoms with van der Waals surface area (Å²) in [5, 5.41) is 11.5. The number of fused-ring (bicyclic) bond motifs is 1. The monoisotopic (exact) mass is 269 g/mol. The first kappa shape index (κ1) is 12.8. The van der Waals surface area contributed by atoms with Gasteiger partial charge >= 0.3 is 0 Å². The molecule has 20 heavy (non-hydrogen) atoms. The summed E-state index contributed by atoms with van der Waals surface area (Å²) in [4.78, 5) is 6.75. The summed E-state index contributed by atoms with van der Waals surface area (Å²) in [6.45, 7) is 6.34. The molecule has 3 rings (SSSR count). The van der Waals surface area contributed by atoms with Crippen molar-refractivity contribution in [3.05, 3.63) is 36.0 Å². The van der Waals surface area contributed by atoms with Gasteiger partial charge in [0, 0.05) is 17.8 Å². The Bertz CT molecular complexity index is 611. The molecule has 0 bridgehead atoms. The molecule has 0 aliphatic carbocycles. The standard InChI is InChI=1S/C15H19N5/c1-10(2)17-14-9-16-19-15(18-14)20-11(3)8-12-6-4-5-7-13(12)20/h4-7,9-11H,8H2,1-3H3,(H,17,18,19). The molecule has 2 heterocycles. The van der Waals surface area contributed by atoms with Crippen LogP contribution in [0.2, 0.25) is 0 Å². The highest BCUT2D eigenvalue weighted by molar-refractivity contribution is 5.67. The summed E-state index contributed by atoms with van der Waals surface area (Å²) < 4.78 is 0. The van der Waals surface area contributed by atoms with Crippen LogP contribution in [0.15, 0.2) is 30.5 Å². The molecule has 0 amide bonds. The Labute approximate surface area is 119 Å². The van der Waals surface area contributed by atoms with E-state index in [-0.39, 0.29) is 0 Å². The minimum atomic E-state index is 0.322. The average Bonchev–Trinajstić information content (AvgIpc) is 2.74. The molecule has 5 nitrogen and oxygen atoms in total. The number of aromatic nitrogens is 3. The van der Waals surface area contributed by atoms with Crippen molar-refractivity contribution in [2.75, 3.05) is 10.2 Å². The van der Waals surface area contributed by atoms with Crippen molar-refractivity contribution in [3.63, 3.8) is 0 Å². The van der Waals surface area contributed by atoms with Crippen LogP contribution < -0.4 is 10.2 Å². The van der Waals surface area contributed by atoms with Crippen LogP contribution in [0.5, 0.6) is 0 Å². The fraction of sp³-hybridized carbons (Fsp3) is 0.400. The van der Waals surface area contributed by atoms with Crippen LogP contribution >= 0.6 is 0 Å². The van der Waals surface area contributed by atoms with Crippen molar-refractivity contribution in [3.8, 4) is 0 Å². The van der Waals surface area contributed by atoms with Crippen molar-refractivity contribution >= 4 is 17.5 Å². The quantitative estimate of drug-likeness (QED) is 0.928. The van der Waals surface area contributed by atoms with Crippen LogP contribution in [-0.4, -0.2) is 27.3 Å². The lowest BCUT2D eigenvalue weighted by molar-refractivity contribution is 0.728. The van der Waals surface area contributed by atoms with E-state index in [1.165, 1.54) is 11.3 Å². The van der Waals surface area contributed by atoms with Crippen molar-refractivity contribution < 1.29 is 0 Å². The molecule has 104 valence electrons. The molecule has 1 aliphatic rings. The topological polar surface area (TPSA) is 53.9 Å². The highest BCUT2D eigenvalue weighted by Gasteiger charge is 2.29. The zero-order chi connectivity index (χ0) is 14.1. The number of para-hydroxylation sites is 1. The van der Waals surface area contributed by atoms with E-state index in [0.717, 1.165) is 12.2 Å². The fourth-order valence-electron chi connectivity index (χ4n) is 2.63. The van der Waals surface area contributed by atoms with Gasteiger partial charge in [-0.2, -0.15) is 10.1 Å². The van der Waals surface area contributed by atoms with E-state index in [0.29, 0.717) is 18.0 Å². The van der Waals surface area contributed by atoms with Crippen LogP contribution in [0.4, 0.5) is 17.5 Å². The Morgan fingerprint density at radius 2 is 2.10 bits per heavy atom. The second kappa shape index (κ2) is 5.07. The van der Waals surface area contributed by atoms with Crippen LogP contribution in [0.3, 0.4) is 0 Å². The largest absolute Gasteiger partial charge is 0.366 e. The maximum absolute atomic E-state index is 4.59. The van der Waals surface area contributed by atoms with E-state index in [2.05, 4.69) is 64.4 Å². The number of benzene rings is 1. The third-order valence-electron chi connectivity index (χ3n) is 3.41. The van der Waals surface area contributed by atoms with Crippen molar-refractivity contribution in [2.45, 2.75) is 39.3 Å². The summed E-state index contributed by atoms with van der Waals surface area (Å²) >= 11 is 0. The fourth-order valence-corrected chi connectivity index (χ4v) is 2.63. The predicted molar refractivity (Wildman–Crippen MR) is 80.3 cm³/mol. The summed E-state index contributed by atoms with van der Waals surface area (Å²) in [5.41, 5.74) is 2.52. The number of anilines is 3. The molecule has 1 aromatic heterocycles. The van der Waals surface area contributed by atoms with E-state index in [4.69, 9.17) is 0 Å². The molecular formula is C15H19N5. The molecule has 0 radical (unpaired) electrons. The molecule has 1 aromatic carbocycles. The van der Waals surface area contributed by atoms with Gasteiger partial charge in [0.05, 0.1) is 6.20 Å². The highest BCUT2D eigenvalue weighted by Crippen LogP contribution is 2.36. The maximum Gasteiger partial charge on any atom is 0.252 e. The molecule has 0 saturated carbocycles. The molecule has 1 unspecified atom stereocenters. The number of hydrogen-bond donors (Lipinski definition) is 1. The Hall–Kier alpha value is -2.17. The average molecular weight is 269 g/mol. The van der Waals surface area contributed by atoms with Gasteiger partial charge in [-0.05, 0) is 38.8 Å². The summed E-state index contributed by atoms with van der Waals surface area (Å²) in [7, 11) is 0. The van der Waals surface area contributed by atoms with Gasteiger partial charge in [-0.3, -0.25) is 0 Å². The molecule has 1 N–H and O–H groups in total. The second-order valence-electron chi connectivity index (χ2n) is 5.49. The lowest BCUT2D eigenvalue weighted by Gasteiger charge is -2.22. The second-order valence-corrected chi connectivity index (χ2v) is 5.49. The molecule has 0 fully saturated rings. The van der Waals surface area contributed by atoms with Gasteiger partial charge < -0.3 is 10.2 Å². The SMILES string of the molecule is CC(C)Nc1cnnc(N2c3ccccc3CC2C)n1. The van der Waals surface area contributed by atoms with E-state index < -0.39 is 0 Å². The van der Waals surface area contributed by atoms with E-state index in [1.54, 1.807) is 6.20 Å². The van der Waals surface area contributed by atoms with Crippen LogP contribution in [0.25, 0.3) is 0 Å². The molecule has 1 aliphatic heterocycles. The van der Waals surface area contributed by atoms with Gasteiger partial charge in [0.1, 0.15) is 0 Å². The van der Waals surface area contributed by atoms with Crippen LogP contribution in [-0.2, 0) is 6.42 Å². The van der Waals surface area contributed by atoms with Gasteiger partial charge in [0.2, 0.25) is 0 Å². The zero-order valence-corrected chi connectivity index (χ0v) is 12.0. The summed E-state index contributed by atoms with van der Waals surface area (Å²) in [5.74, 6) is 1.43. The molecule has 1 atom stereocenters. The molecule has 0 spiro atoms. The van der Waals surface area contributed by atoms with E-state index in [9.17, 15) is 0 Å². The smallest absolute Gasteiger partial charge is 0.252 e. The minimum absolute atomic E-state index is 0.322. The Morgan fingerprint density at radius 3 is 2.90 bits per heavy atom. The summed E-state index contributed by atoms with van der Waals surface area (Å²) in [6, 6.07) is 9.07. The Morgan fingerprint density at radius 1 is 1.30 bits per heavy atom. The van der Waals surface area contributed by atoms with Crippen LogP contribution in [0.1, 0.15) is 26.3 Å². The van der Waals surface area contributed by atoms with Gasteiger partial charge in [-0.1, -0.05) is 18.2 Å². The van der Waals surface area contributed by atoms with Gasteiger partial charge in [0.15, 0.2) is 5.82 Å². The molecule has 2 aromatic rings. The van der Waals surface area contributed by atoms with Crippen molar-refractivity contribution in [1.29, 1.82) is 0 Å². The van der Waals surface area contributed by atoms with Crippen molar-refractivity contribution in [1.82, 2.24) is 15.2 Å². The molecular weight excluding hydrogens is 250 g/mol. The molecule has 0 saturated heterocycles. The summed E-state index contributed by atoms with van der Waals surface area (Å²) in [6.07, 6.45) is 2.68. The first-order valence-corrected chi connectivity index (χ1v) is 6.98. The van der Waals surface area contributed by atoms with Crippen LogP contribution in [0, 0.1) is 0 Å². The minimum Gasteiger partial charge on any atom is -0.366 e. The number of nitrogens with zero attached hydrogens (tertiary/aromatic N) is 4. The maximum atomic E-state index is 4.59.